The number of nitrogens with one attached hydrogen (secondary N) is 1. The molecule has 1 amide bonds. The summed E-state index contributed by atoms with van der Waals surface area (Å²) in [6.07, 6.45) is 0.512. The van der Waals surface area contributed by atoms with E-state index in [1.54, 1.807) is 0 Å². The first-order valence-electron chi connectivity index (χ1n) is 3.70. The number of carboxylic acid groups (broad SMARTS) is 1. The zero-order valence-corrected chi connectivity index (χ0v) is 6.74. The summed E-state index contributed by atoms with van der Waals surface area (Å²) >= 11 is 0. The van der Waals surface area contributed by atoms with Gasteiger partial charge in [0, 0.05) is 6.04 Å². The molecule has 68 valence electrons. The van der Waals surface area contributed by atoms with Gasteiger partial charge in [-0.15, -0.1) is 0 Å². The lowest BCUT2D eigenvalue weighted by Gasteiger charge is -2.32. The number of hydrogen-bond acceptors (Lipinski definition) is 3. The Balaban J connectivity index is 2.17. The van der Waals surface area contributed by atoms with Gasteiger partial charge in [0.1, 0.15) is 0 Å². The highest BCUT2D eigenvalue weighted by Crippen LogP contribution is 2.27. The number of methoxy groups -OCH3 is 1. The third-order valence-electron chi connectivity index (χ3n) is 1.99. The minimum Gasteiger partial charge on any atom is -0.481 e. The third kappa shape index (κ3) is 1.87. The smallest absolute Gasteiger partial charge is 0.407 e. The summed E-state index contributed by atoms with van der Waals surface area (Å²) in [6, 6.07) is -0.0291. The number of aliphatic carboxylic acids is 1. The molecule has 0 aromatic rings. The molecule has 0 spiro atoms. The predicted octanol–water partition coefficient (Wildman–Crippen LogP) is 0.206. The maximum atomic E-state index is 10.6. The lowest BCUT2D eigenvalue weighted by Crippen LogP contribution is -2.46. The molecular weight excluding hydrogens is 162 g/mol. The average Bonchev–Trinajstić information content (AvgIpc) is 1.94. The molecule has 1 fully saturated rings. The quantitative estimate of drug-likeness (QED) is 0.625. The molecule has 5 heteroatoms. The Labute approximate surface area is 69.7 Å². The van der Waals surface area contributed by atoms with Crippen LogP contribution >= 0.6 is 0 Å². The van der Waals surface area contributed by atoms with E-state index >= 15 is 0 Å². The molecular formula is C7H11NO4. The Kier molecular flexibility index (Phi) is 2.52. The van der Waals surface area contributed by atoms with E-state index in [0.717, 1.165) is 0 Å². The Morgan fingerprint density at radius 3 is 2.50 bits per heavy atom. The molecule has 5 nitrogen and oxygen atoms in total. The average molecular weight is 173 g/mol. The second kappa shape index (κ2) is 3.42. The van der Waals surface area contributed by atoms with Crippen molar-refractivity contribution in [3.05, 3.63) is 0 Å². The fourth-order valence-corrected chi connectivity index (χ4v) is 1.16. The van der Waals surface area contributed by atoms with Crippen molar-refractivity contribution in [3.63, 3.8) is 0 Å². The minimum atomic E-state index is -0.794. The predicted molar refractivity (Wildman–Crippen MR) is 39.7 cm³/mol. The molecule has 1 aliphatic carbocycles. The van der Waals surface area contributed by atoms with E-state index in [2.05, 4.69) is 10.1 Å². The molecule has 0 unspecified atom stereocenters. The topological polar surface area (TPSA) is 75.6 Å². The van der Waals surface area contributed by atoms with Gasteiger partial charge in [-0.3, -0.25) is 4.79 Å². The van der Waals surface area contributed by atoms with Crippen LogP contribution in [0.3, 0.4) is 0 Å². The van der Waals surface area contributed by atoms with Crippen LogP contribution in [0.25, 0.3) is 0 Å². The number of alkyl carbamates (subject to hydrolysis) is 1. The van der Waals surface area contributed by atoms with Crippen LogP contribution in [0.5, 0.6) is 0 Å². The number of carboxylic acids is 1. The maximum Gasteiger partial charge on any atom is 0.407 e. The van der Waals surface area contributed by atoms with Crippen LogP contribution in [0.4, 0.5) is 4.79 Å². The van der Waals surface area contributed by atoms with Gasteiger partial charge in [-0.2, -0.15) is 0 Å². The normalized spacial score (nSPS) is 27.1. The first-order valence-corrected chi connectivity index (χ1v) is 3.70. The summed E-state index contributed by atoms with van der Waals surface area (Å²) in [5, 5.41) is 11.0. The lowest BCUT2D eigenvalue weighted by atomic mass is 9.80. The monoisotopic (exact) mass is 173 g/mol. The summed E-state index contributed by atoms with van der Waals surface area (Å²) in [5.74, 6) is -1.09. The van der Waals surface area contributed by atoms with E-state index in [9.17, 15) is 9.59 Å². The van der Waals surface area contributed by atoms with Crippen molar-refractivity contribution in [1.29, 1.82) is 0 Å². The largest absolute Gasteiger partial charge is 0.481 e. The standard InChI is InChI=1S/C7H11NO4/c1-12-7(11)8-5-2-4(3-5)6(9)10/h4-5H,2-3H2,1H3,(H,8,11)(H,9,10)/t4-,5+. The van der Waals surface area contributed by atoms with Crippen LogP contribution in [0.1, 0.15) is 12.8 Å². The van der Waals surface area contributed by atoms with Crippen LogP contribution in [0.2, 0.25) is 0 Å². The van der Waals surface area contributed by atoms with Crippen LogP contribution in [-0.2, 0) is 9.53 Å². The highest BCUT2D eigenvalue weighted by molar-refractivity contribution is 5.72. The van der Waals surface area contributed by atoms with Gasteiger partial charge in [-0.1, -0.05) is 0 Å². The number of ether oxygens (including phenoxy) is 1. The van der Waals surface area contributed by atoms with E-state index < -0.39 is 12.1 Å². The zero-order valence-electron chi connectivity index (χ0n) is 6.74. The SMILES string of the molecule is COC(=O)N[C@H]1C[C@@H](C(=O)O)C1. The summed E-state index contributed by atoms with van der Waals surface area (Å²) in [4.78, 5) is 20.9. The van der Waals surface area contributed by atoms with E-state index in [0.29, 0.717) is 12.8 Å². The van der Waals surface area contributed by atoms with Crippen molar-refractivity contribution in [1.82, 2.24) is 5.32 Å². The number of hydrogen-bond donors (Lipinski definition) is 2. The Morgan fingerprint density at radius 1 is 1.50 bits per heavy atom. The summed E-state index contributed by atoms with van der Waals surface area (Å²) in [6.45, 7) is 0. The highest BCUT2D eigenvalue weighted by atomic mass is 16.5. The first-order chi connectivity index (χ1) is 5.63. The molecule has 0 atom stereocenters. The second-order valence-corrected chi connectivity index (χ2v) is 2.84. The zero-order chi connectivity index (χ0) is 9.14. The molecule has 2 N–H and O–H groups in total. The summed E-state index contributed by atoms with van der Waals surface area (Å²) < 4.78 is 4.35. The van der Waals surface area contributed by atoms with E-state index in [-0.39, 0.29) is 12.0 Å². The second-order valence-electron chi connectivity index (χ2n) is 2.84. The number of carbonyl (C=O) groups is 2. The van der Waals surface area contributed by atoms with Crippen molar-refractivity contribution in [3.8, 4) is 0 Å². The van der Waals surface area contributed by atoms with Gasteiger partial charge in [0.05, 0.1) is 13.0 Å². The van der Waals surface area contributed by atoms with Crippen molar-refractivity contribution in [2.75, 3.05) is 7.11 Å². The number of carbonyl (C=O) groups excluding carboxylic acids is 1. The molecule has 0 heterocycles. The molecule has 0 aliphatic heterocycles. The highest BCUT2D eigenvalue weighted by Gasteiger charge is 2.35. The number of amides is 1. The van der Waals surface area contributed by atoms with Crippen molar-refractivity contribution in [2.24, 2.45) is 5.92 Å². The minimum absolute atomic E-state index is 0.0291. The van der Waals surface area contributed by atoms with Crippen molar-refractivity contribution >= 4 is 12.1 Å². The van der Waals surface area contributed by atoms with Crippen LogP contribution in [0, 0.1) is 5.92 Å². The molecule has 1 aliphatic rings. The molecule has 0 aromatic heterocycles. The van der Waals surface area contributed by atoms with Gasteiger partial charge in [-0.05, 0) is 12.8 Å². The van der Waals surface area contributed by atoms with Crippen LogP contribution < -0.4 is 5.32 Å². The molecule has 0 radical (unpaired) electrons. The molecule has 0 aromatic carbocycles. The maximum absolute atomic E-state index is 10.6. The van der Waals surface area contributed by atoms with E-state index in [1.165, 1.54) is 7.11 Å². The van der Waals surface area contributed by atoms with Crippen LogP contribution in [0.15, 0.2) is 0 Å². The fourth-order valence-electron chi connectivity index (χ4n) is 1.16. The van der Waals surface area contributed by atoms with Crippen molar-refractivity contribution < 1.29 is 19.4 Å². The lowest BCUT2D eigenvalue weighted by molar-refractivity contribution is -0.145. The Hall–Kier alpha value is -1.26. The molecule has 0 bridgehead atoms. The number of rotatable bonds is 2. The molecule has 1 saturated carbocycles. The van der Waals surface area contributed by atoms with Crippen molar-refractivity contribution in [2.45, 2.75) is 18.9 Å². The van der Waals surface area contributed by atoms with Gasteiger partial charge in [-0.25, -0.2) is 4.79 Å². The van der Waals surface area contributed by atoms with E-state index in [4.69, 9.17) is 5.11 Å². The van der Waals surface area contributed by atoms with Gasteiger partial charge in [0.15, 0.2) is 0 Å². The molecule has 0 saturated heterocycles. The van der Waals surface area contributed by atoms with Crippen LogP contribution in [-0.4, -0.2) is 30.3 Å². The summed E-state index contributed by atoms with van der Waals surface area (Å²) in [5.41, 5.74) is 0. The van der Waals surface area contributed by atoms with Gasteiger partial charge in [0.25, 0.3) is 0 Å². The van der Waals surface area contributed by atoms with Gasteiger partial charge >= 0.3 is 12.1 Å². The fraction of sp³-hybridized carbons (Fsp3) is 0.714. The van der Waals surface area contributed by atoms with E-state index in [1.807, 2.05) is 0 Å². The first kappa shape index (κ1) is 8.83. The van der Waals surface area contributed by atoms with Gasteiger partial charge < -0.3 is 15.2 Å². The van der Waals surface area contributed by atoms with Gasteiger partial charge in [0.2, 0.25) is 0 Å². The Morgan fingerprint density at radius 2 is 2.08 bits per heavy atom. The molecule has 12 heavy (non-hydrogen) atoms. The summed E-state index contributed by atoms with van der Waals surface area (Å²) in [7, 11) is 1.28. The Bertz CT molecular complexity index is 198. The third-order valence-corrected chi connectivity index (χ3v) is 1.99. The molecule has 1 rings (SSSR count).